The predicted molar refractivity (Wildman–Crippen MR) is 78.7 cm³/mol. The minimum Gasteiger partial charge on any atom is -0.492 e. The lowest BCUT2D eigenvalue weighted by atomic mass is 10.2. The number of aryl methyl sites for hydroxylation is 1. The SMILES string of the molecule is Cc1cccc(OCCn2cc(CNC(C)C)nn2)c1. The van der Waals surface area contributed by atoms with Gasteiger partial charge in [0, 0.05) is 18.8 Å². The lowest BCUT2D eigenvalue weighted by molar-refractivity contribution is 0.289. The van der Waals surface area contributed by atoms with Crippen molar-refractivity contribution in [3.63, 3.8) is 0 Å². The van der Waals surface area contributed by atoms with Gasteiger partial charge in [0.2, 0.25) is 0 Å². The Kier molecular flexibility index (Phi) is 5.12. The number of benzene rings is 1. The van der Waals surface area contributed by atoms with Crippen molar-refractivity contribution in [1.82, 2.24) is 20.3 Å². The monoisotopic (exact) mass is 274 g/mol. The van der Waals surface area contributed by atoms with Gasteiger partial charge in [0.1, 0.15) is 12.4 Å². The summed E-state index contributed by atoms with van der Waals surface area (Å²) in [5.41, 5.74) is 2.15. The molecule has 0 spiro atoms. The molecule has 5 nitrogen and oxygen atoms in total. The molecule has 1 aromatic carbocycles. The maximum Gasteiger partial charge on any atom is 0.119 e. The van der Waals surface area contributed by atoms with Crippen LogP contribution in [0, 0.1) is 6.92 Å². The van der Waals surface area contributed by atoms with Gasteiger partial charge >= 0.3 is 0 Å². The van der Waals surface area contributed by atoms with Gasteiger partial charge in [-0.2, -0.15) is 0 Å². The second-order valence-electron chi connectivity index (χ2n) is 5.17. The molecule has 0 fully saturated rings. The molecule has 0 bridgehead atoms. The summed E-state index contributed by atoms with van der Waals surface area (Å²) in [6, 6.07) is 8.49. The zero-order valence-electron chi connectivity index (χ0n) is 12.3. The first-order valence-electron chi connectivity index (χ1n) is 6.95. The fraction of sp³-hybridized carbons (Fsp3) is 0.467. The first-order chi connectivity index (χ1) is 9.63. The van der Waals surface area contributed by atoms with E-state index < -0.39 is 0 Å². The van der Waals surface area contributed by atoms with Gasteiger partial charge in [0.25, 0.3) is 0 Å². The summed E-state index contributed by atoms with van der Waals surface area (Å²) in [6.45, 7) is 8.31. The van der Waals surface area contributed by atoms with Gasteiger partial charge in [-0.1, -0.05) is 31.2 Å². The second-order valence-corrected chi connectivity index (χ2v) is 5.17. The molecule has 1 heterocycles. The molecule has 0 saturated heterocycles. The molecular weight excluding hydrogens is 252 g/mol. The van der Waals surface area contributed by atoms with E-state index in [1.807, 2.05) is 29.1 Å². The summed E-state index contributed by atoms with van der Waals surface area (Å²) in [7, 11) is 0. The molecule has 0 aliphatic heterocycles. The van der Waals surface area contributed by atoms with Gasteiger partial charge in [0.05, 0.1) is 12.2 Å². The fourth-order valence-corrected chi connectivity index (χ4v) is 1.80. The quantitative estimate of drug-likeness (QED) is 0.840. The molecule has 20 heavy (non-hydrogen) atoms. The zero-order valence-corrected chi connectivity index (χ0v) is 12.3. The summed E-state index contributed by atoms with van der Waals surface area (Å²) in [6.07, 6.45) is 1.95. The van der Waals surface area contributed by atoms with Crippen LogP contribution in [-0.2, 0) is 13.1 Å². The standard InChI is InChI=1S/C15H22N4O/c1-12(2)16-10-14-11-19(18-17-14)7-8-20-15-6-4-5-13(3)9-15/h4-6,9,11-12,16H,7-8,10H2,1-3H3. The summed E-state index contributed by atoms with van der Waals surface area (Å²) in [4.78, 5) is 0. The Morgan fingerprint density at radius 3 is 2.95 bits per heavy atom. The molecule has 1 N–H and O–H groups in total. The highest BCUT2D eigenvalue weighted by atomic mass is 16.5. The van der Waals surface area contributed by atoms with Crippen molar-refractivity contribution in [1.29, 1.82) is 0 Å². The summed E-state index contributed by atoms with van der Waals surface area (Å²) >= 11 is 0. The van der Waals surface area contributed by atoms with Crippen LogP contribution in [0.4, 0.5) is 0 Å². The Hall–Kier alpha value is -1.88. The van der Waals surface area contributed by atoms with Crippen LogP contribution in [0.25, 0.3) is 0 Å². The Labute approximate surface area is 120 Å². The summed E-state index contributed by atoms with van der Waals surface area (Å²) < 4.78 is 7.51. The van der Waals surface area contributed by atoms with Crippen molar-refractivity contribution in [2.45, 2.75) is 39.9 Å². The maximum atomic E-state index is 5.69. The molecule has 0 aliphatic carbocycles. The fourth-order valence-electron chi connectivity index (χ4n) is 1.80. The van der Waals surface area contributed by atoms with Gasteiger partial charge in [0.15, 0.2) is 0 Å². The van der Waals surface area contributed by atoms with Gasteiger partial charge in [-0.25, -0.2) is 4.68 Å². The zero-order chi connectivity index (χ0) is 14.4. The molecule has 0 atom stereocenters. The molecule has 5 heteroatoms. The highest BCUT2D eigenvalue weighted by Gasteiger charge is 2.02. The molecule has 0 aliphatic rings. The van der Waals surface area contributed by atoms with E-state index >= 15 is 0 Å². The van der Waals surface area contributed by atoms with Crippen LogP contribution in [0.15, 0.2) is 30.5 Å². The molecule has 2 rings (SSSR count). The third-order valence-corrected chi connectivity index (χ3v) is 2.86. The molecule has 1 aromatic heterocycles. The topological polar surface area (TPSA) is 52.0 Å². The van der Waals surface area contributed by atoms with Gasteiger partial charge in [-0.15, -0.1) is 5.10 Å². The summed E-state index contributed by atoms with van der Waals surface area (Å²) in [5, 5.41) is 11.5. The van der Waals surface area contributed by atoms with Crippen molar-refractivity contribution in [2.24, 2.45) is 0 Å². The van der Waals surface area contributed by atoms with Gasteiger partial charge in [-0.05, 0) is 24.6 Å². The Morgan fingerprint density at radius 2 is 2.20 bits per heavy atom. The lowest BCUT2D eigenvalue weighted by Crippen LogP contribution is -2.21. The summed E-state index contributed by atoms with van der Waals surface area (Å²) in [5.74, 6) is 0.895. The predicted octanol–water partition coefficient (Wildman–Crippen LogP) is 2.16. The first-order valence-corrected chi connectivity index (χ1v) is 6.95. The Bertz CT molecular complexity index is 536. The van der Waals surface area contributed by atoms with Crippen LogP contribution in [-0.4, -0.2) is 27.6 Å². The molecule has 108 valence electrons. The van der Waals surface area contributed by atoms with E-state index in [2.05, 4.69) is 42.5 Å². The third-order valence-electron chi connectivity index (χ3n) is 2.86. The smallest absolute Gasteiger partial charge is 0.119 e. The molecule has 0 unspecified atom stereocenters. The number of nitrogens with one attached hydrogen (secondary N) is 1. The normalized spacial score (nSPS) is 11.0. The molecule has 0 radical (unpaired) electrons. The molecule has 0 saturated carbocycles. The van der Waals surface area contributed by atoms with Crippen molar-refractivity contribution in [3.8, 4) is 5.75 Å². The number of rotatable bonds is 7. The van der Waals surface area contributed by atoms with Crippen LogP contribution in [0.5, 0.6) is 5.75 Å². The van der Waals surface area contributed by atoms with E-state index in [9.17, 15) is 0 Å². The number of aromatic nitrogens is 3. The average Bonchev–Trinajstić information content (AvgIpc) is 2.84. The van der Waals surface area contributed by atoms with Crippen LogP contribution < -0.4 is 10.1 Å². The van der Waals surface area contributed by atoms with E-state index in [0.717, 1.165) is 18.0 Å². The van der Waals surface area contributed by atoms with Gasteiger partial charge < -0.3 is 10.1 Å². The van der Waals surface area contributed by atoms with E-state index in [0.29, 0.717) is 19.2 Å². The maximum absolute atomic E-state index is 5.69. The van der Waals surface area contributed by atoms with E-state index in [1.165, 1.54) is 5.56 Å². The van der Waals surface area contributed by atoms with Crippen LogP contribution in [0.1, 0.15) is 25.1 Å². The largest absolute Gasteiger partial charge is 0.492 e. The van der Waals surface area contributed by atoms with E-state index in [-0.39, 0.29) is 0 Å². The molecule has 2 aromatic rings. The van der Waals surface area contributed by atoms with Crippen LogP contribution >= 0.6 is 0 Å². The minimum absolute atomic E-state index is 0.449. The van der Waals surface area contributed by atoms with Crippen molar-refractivity contribution in [3.05, 3.63) is 41.7 Å². The van der Waals surface area contributed by atoms with Crippen molar-refractivity contribution in [2.75, 3.05) is 6.61 Å². The van der Waals surface area contributed by atoms with Crippen molar-refractivity contribution >= 4 is 0 Å². The Balaban J connectivity index is 1.77. The first kappa shape index (κ1) is 14.5. The number of hydrogen-bond donors (Lipinski definition) is 1. The van der Waals surface area contributed by atoms with E-state index in [4.69, 9.17) is 4.74 Å². The highest BCUT2D eigenvalue weighted by molar-refractivity contribution is 5.27. The van der Waals surface area contributed by atoms with E-state index in [1.54, 1.807) is 0 Å². The lowest BCUT2D eigenvalue weighted by Gasteiger charge is -2.06. The van der Waals surface area contributed by atoms with Crippen molar-refractivity contribution < 1.29 is 4.74 Å². The highest BCUT2D eigenvalue weighted by Crippen LogP contribution is 2.12. The average molecular weight is 274 g/mol. The minimum atomic E-state index is 0.449. The van der Waals surface area contributed by atoms with Gasteiger partial charge in [-0.3, -0.25) is 0 Å². The molecular formula is C15H22N4O. The van der Waals surface area contributed by atoms with Crippen LogP contribution in [0.3, 0.4) is 0 Å². The van der Waals surface area contributed by atoms with Crippen LogP contribution in [0.2, 0.25) is 0 Å². The molecule has 0 amide bonds. The second kappa shape index (κ2) is 7.05. The Morgan fingerprint density at radius 1 is 1.35 bits per heavy atom. The number of nitrogens with zero attached hydrogens (tertiary/aromatic N) is 3. The number of ether oxygens (including phenoxy) is 1. The third kappa shape index (κ3) is 4.66. The number of hydrogen-bond acceptors (Lipinski definition) is 4.